The third-order valence-corrected chi connectivity index (χ3v) is 8.31. The Hall–Kier alpha value is -0.250. The molecule has 0 saturated heterocycles. The Balaban J connectivity index is 2.47. The Morgan fingerprint density at radius 2 is 1.88 bits per heavy atom. The van der Waals surface area contributed by atoms with Crippen molar-refractivity contribution >= 4 is 27.0 Å². The van der Waals surface area contributed by atoms with E-state index in [9.17, 15) is 0 Å². The molecule has 1 aliphatic heterocycles. The Bertz CT molecular complexity index is 410. The normalized spacial score (nSPS) is 20.2. The van der Waals surface area contributed by atoms with E-state index in [1.54, 1.807) is 9.18 Å². The minimum absolute atomic E-state index is 0.0290. The van der Waals surface area contributed by atoms with Gasteiger partial charge in [-0.3, -0.25) is 0 Å². The van der Waals surface area contributed by atoms with Crippen molar-refractivity contribution < 1.29 is 0 Å². The first-order valence-corrected chi connectivity index (χ1v) is 8.51. The third-order valence-electron chi connectivity index (χ3n) is 3.01. The molecule has 0 saturated carbocycles. The Morgan fingerprint density at radius 1 is 1.19 bits per heavy atom. The Morgan fingerprint density at radius 3 is 2.50 bits per heavy atom. The molecule has 16 heavy (non-hydrogen) atoms. The Labute approximate surface area is 109 Å². The van der Waals surface area contributed by atoms with E-state index < -0.39 is 0 Å². The van der Waals surface area contributed by atoms with Crippen molar-refractivity contribution in [3.8, 4) is 0 Å². The molecule has 0 bridgehead atoms. The fourth-order valence-electron chi connectivity index (χ4n) is 2.02. The minimum atomic E-state index is -0.0290. The molecule has 1 heteroatoms. The molecule has 0 N–H and O–H groups in total. The van der Waals surface area contributed by atoms with E-state index in [1.165, 1.54) is 12.0 Å². The molecule has 1 aromatic rings. The molecule has 86 valence electrons. The first kappa shape index (κ1) is 12.2. The molecular weight excluding hydrogens is 308 g/mol. The van der Waals surface area contributed by atoms with Crippen molar-refractivity contribution in [2.75, 3.05) is 0 Å². The van der Waals surface area contributed by atoms with Crippen molar-refractivity contribution in [3.63, 3.8) is 0 Å². The average molecular weight is 328 g/mol. The number of allylic oxidation sites excluding steroid dienone is 1. The summed E-state index contributed by atoms with van der Waals surface area (Å²) in [6.45, 7) is 9.39. The fraction of sp³-hybridized carbons (Fsp3) is 0.467. The summed E-state index contributed by atoms with van der Waals surface area (Å²) in [6.07, 6.45) is 3.76. The SMILES string of the molecule is CCC1[Te]C(C(C)(C)C)=Cc2ccccc21. The van der Waals surface area contributed by atoms with E-state index in [1.807, 2.05) is 0 Å². The van der Waals surface area contributed by atoms with Gasteiger partial charge in [0.2, 0.25) is 0 Å². The van der Waals surface area contributed by atoms with Crippen LogP contribution < -0.4 is 0 Å². The molecule has 0 amide bonds. The van der Waals surface area contributed by atoms with Gasteiger partial charge < -0.3 is 0 Å². The van der Waals surface area contributed by atoms with Crippen LogP contribution in [0.2, 0.25) is 0 Å². The van der Waals surface area contributed by atoms with Crippen LogP contribution in [0, 0.1) is 5.41 Å². The molecule has 1 aromatic carbocycles. The van der Waals surface area contributed by atoms with Gasteiger partial charge in [0.15, 0.2) is 0 Å². The van der Waals surface area contributed by atoms with E-state index in [0.717, 1.165) is 3.97 Å². The molecule has 0 aromatic heterocycles. The van der Waals surface area contributed by atoms with E-state index in [0.29, 0.717) is 5.41 Å². The molecule has 0 fully saturated rings. The van der Waals surface area contributed by atoms with Crippen LogP contribution in [-0.2, 0) is 0 Å². The number of hydrogen-bond donors (Lipinski definition) is 0. The van der Waals surface area contributed by atoms with E-state index in [4.69, 9.17) is 0 Å². The summed E-state index contributed by atoms with van der Waals surface area (Å²) in [4.78, 5) is 0. The second kappa shape index (κ2) is 4.55. The molecular formula is C15H20Te. The molecule has 2 rings (SSSR count). The molecule has 0 radical (unpaired) electrons. The second-order valence-corrected chi connectivity index (χ2v) is 8.95. The summed E-state index contributed by atoms with van der Waals surface area (Å²) in [7, 11) is 0. The van der Waals surface area contributed by atoms with Gasteiger partial charge in [0.05, 0.1) is 0 Å². The van der Waals surface area contributed by atoms with Crippen molar-refractivity contribution in [2.24, 2.45) is 5.41 Å². The van der Waals surface area contributed by atoms with Gasteiger partial charge in [-0.05, 0) is 0 Å². The Kier molecular flexibility index (Phi) is 3.47. The average Bonchev–Trinajstić information content (AvgIpc) is 2.26. The van der Waals surface area contributed by atoms with Gasteiger partial charge in [-0.2, -0.15) is 0 Å². The molecule has 0 spiro atoms. The molecule has 1 aliphatic rings. The number of benzene rings is 1. The maximum atomic E-state index is 2.46. The van der Waals surface area contributed by atoms with Crippen molar-refractivity contribution in [2.45, 2.75) is 38.1 Å². The van der Waals surface area contributed by atoms with Crippen LogP contribution >= 0.6 is 0 Å². The summed E-state index contributed by atoms with van der Waals surface area (Å²) in [6, 6.07) is 8.94. The second-order valence-electron chi connectivity index (χ2n) is 5.40. The van der Waals surface area contributed by atoms with Gasteiger partial charge in [0, 0.05) is 0 Å². The predicted octanol–water partition coefficient (Wildman–Crippen LogP) is 4.24. The van der Waals surface area contributed by atoms with Crippen LogP contribution in [0.4, 0.5) is 0 Å². The van der Waals surface area contributed by atoms with Gasteiger partial charge >= 0.3 is 110 Å². The number of rotatable bonds is 1. The van der Waals surface area contributed by atoms with Gasteiger partial charge in [-0.1, -0.05) is 0 Å². The van der Waals surface area contributed by atoms with Crippen LogP contribution in [0.5, 0.6) is 0 Å². The summed E-state index contributed by atoms with van der Waals surface area (Å²) < 4.78 is 2.57. The molecule has 0 nitrogen and oxygen atoms in total. The molecule has 1 heterocycles. The van der Waals surface area contributed by atoms with Crippen molar-refractivity contribution in [1.82, 2.24) is 0 Å². The first-order chi connectivity index (χ1) is 7.52. The summed E-state index contributed by atoms with van der Waals surface area (Å²) in [5.41, 5.74) is 3.43. The van der Waals surface area contributed by atoms with E-state index in [-0.39, 0.29) is 20.9 Å². The standard InChI is InChI=1S/C15H20Te/c1-5-13-12-9-7-6-8-11(12)10-14(16-13)15(2,3)4/h6-10,13H,5H2,1-4H3. The van der Waals surface area contributed by atoms with Gasteiger partial charge in [0.1, 0.15) is 0 Å². The number of fused-ring (bicyclic) bond motifs is 1. The van der Waals surface area contributed by atoms with Crippen LogP contribution in [0.1, 0.15) is 49.2 Å². The van der Waals surface area contributed by atoms with Crippen LogP contribution in [-0.4, -0.2) is 20.9 Å². The fourth-order valence-corrected chi connectivity index (χ4v) is 5.92. The topological polar surface area (TPSA) is 0 Å². The monoisotopic (exact) mass is 330 g/mol. The van der Waals surface area contributed by atoms with E-state index >= 15 is 0 Å². The molecule has 1 unspecified atom stereocenters. The quantitative estimate of drug-likeness (QED) is 0.677. The zero-order valence-electron chi connectivity index (χ0n) is 10.6. The van der Waals surface area contributed by atoms with Gasteiger partial charge in [-0.15, -0.1) is 0 Å². The molecule has 0 aliphatic carbocycles. The first-order valence-electron chi connectivity index (χ1n) is 6.00. The third kappa shape index (κ3) is 2.36. The van der Waals surface area contributed by atoms with Crippen LogP contribution in [0.15, 0.2) is 27.9 Å². The van der Waals surface area contributed by atoms with Crippen LogP contribution in [0.25, 0.3) is 6.08 Å². The zero-order chi connectivity index (χ0) is 11.8. The zero-order valence-corrected chi connectivity index (χ0v) is 12.9. The molecule has 1 atom stereocenters. The van der Waals surface area contributed by atoms with Crippen molar-refractivity contribution in [1.29, 1.82) is 0 Å². The summed E-state index contributed by atoms with van der Waals surface area (Å²) in [5.74, 6) is 0. The van der Waals surface area contributed by atoms with E-state index in [2.05, 4.69) is 58.0 Å². The summed E-state index contributed by atoms with van der Waals surface area (Å²) >= 11 is -0.0290. The van der Waals surface area contributed by atoms with Crippen LogP contribution in [0.3, 0.4) is 0 Å². The maximum absolute atomic E-state index is 2.46. The number of hydrogen-bond acceptors (Lipinski definition) is 0. The van der Waals surface area contributed by atoms with Gasteiger partial charge in [0.25, 0.3) is 0 Å². The summed E-state index contributed by atoms with van der Waals surface area (Å²) in [5, 5.41) is 0. The van der Waals surface area contributed by atoms with Crippen molar-refractivity contribution in [3.05, 3.63) is 39.0 Å². The van der Waals surface area contributed by atoms with Gasteiger partial charge in [-0.25, -0.2) is 0 Å². The predicted molar refractivity (Wildman–Crippen MR) is 72.7 cm³/mol.